The molecule has 0 radical (unpaired) electrons. The summed E-state index contributed by atoms with van der Waals surface area (Å²) in [7, 11) is 0. The van der Waals surface area contributed by atoms with Gasteiger partial charge >= 0.3 is 0 Å². The summed E-state index contributed by atoms with van der Waals surface area (Å²) < 4.78 is 0. The molecule has 0 unspecified atom stereocenters. The number of rotatable bonds is 5. The molecule has 0 N–H and O–H groups in total. The molecule has 62 valence electrons. The minimum atomic E-state index is 0.853. The highest BCUT2D eigenvalue weighted by Crippen LogP contribution is 2.13. The Kier molecular flexibility index (Phi) is 3.87. The zero-order chi connectivity index (χ0) is 7.94. The highest BCUT2D eigenvalue weighted by atomic mass is 15.1. The van der Waals surface area contributed by atoms with Gasteiger partial charge in [-0.3, -0.25) is 0 Å². The summed E-state index contributed by atoms with van der Waals surface area (Å²) in [6, 6.07) is 0. The zero-order valence-electron chi connectivity index (χ0n) is 7.21. The predicted octanol–water partition coefficient (Wildman–Crippen LogP) is 3.31. The second kappa shape index (κ2) is 5.05. The fourth-order valence-corrected chi connectivity index (χ4v) is 1.22. The number of azo groups is 1. The van der Waals surface area contributed by atoms with Crippen molar-refractivity contribution in [2.75, 3.05) is 6.54 Å². The van der Waals surface area contributed by atoms with Gasteiger partial charge in [-0.05, 0) is 18.4 Å². The predicted molar refractivity (Wildman–Crippen MR) is 46.6 cm³/mol. The largest absolute Gasteiger partial charge is 0.185 e. The van der Waals surface area contributed by atoms with Gasteiger partial charge in [0, 0.05) is 0 Å². The van der Waals surface area contributed by atoms with E-state index in [4.69, 9.17) is 0 Å². The standard InChI is InChI=1S/C9H16N2/c1-2-3-4-5-6-9-7-10-11-8-9/h7H,2-6,8H2,1H3. The van der Waals surface area contributed by atoms with Crippen LogP contribution in [0.5, 0.6) is 0 Å². The van der Waals surface area contributed by atoms with Crippen LogP contribution in [0.1, 0.15) is 39.0 Å². The summed E-state index contributed by atoms with van der Waals surface area (Å²) in [4.78, 5) is 0. The van der Waals surface area contributed by atoms with Gasteiger partial charge in [-0.15, -0.1) is 0 Å². The van der Waals surface area contributed by atoms with Crippen molar-refractivity contribution in [3.05, 3.63) is 11.8 Å². The molecule has 1 heterocycles. The molecule has 0 atom stereocenters. The van der Waals surface area contributed by atoms with E-state index in [9.17, 15) is 0 Å². The van der Waals surface area contributed by atoms with E-state index < -0.39 is 0 Å². The lowest BCUT2D eigenvalue weighted by Gasteiger charge is -1.98. The molecule has 0 bridgehead atoms. The van der Waals surface area contributed by atoms with Gasteiger partial charge in [0.05, 0.1) is 12.7 Å². The van der Waals surface area contributed by atoms with E-state index >= 15 is 0 Å². The lowest BCUT2D eigenvalue weighted by Crippen LogP contribution is -1.84. The quantitative estimate of drug-likeness (QED) is 0.540. The summed E-state index contributed by atoms with van der Waals surface area (Å²) in [5, 5.41) is 7.72. The van der Waals surface area contributed by atoms with Gasteiger partial charge in [0.2, 0.25) is 0 Å². The third-order valence-electron chi connectivity index (χ3n) is 1.95. The Balaban J connectivity index is 1.95. The van der Waals surface area contributed by atoms with Crippen LogP contribution in [0.25, 0.3) is 0 Å². The smallest absolute Gasteiger partial charge is 0.0831 e. The van der Waals surface area contributed by atoms with Crippen LogP contribution in [-0.2, 0) is 0 Å². The van der Waals surface area contributed by atoms with Crippen LogP contribution >= 0.6 is 0 Å². The van der Waals surface area contributed by atoms with Crippen molar-refractivity contribution in [3.8, 4) is 0 Å². The molecule has 2 nitrogen and oxygen atoms in total. The minimum absolute atomic E-state index is 0.853. The summed E-state index contributed by atoms with van der Waals surface area (Å²) in [5.74, 6) is 0. The molecular weight excluding hydrogens is 136 g/mol. The molecule has 0 aliphatic carbocycles. The number of nitrogens with zero attached hydrogens (tertiary/aromatic N) is 2. The molecule has 0 aromatic heterocycles. The highest BCUT2D eigenvalue weighted by molar-refractivity contribution is 5.05. The Morgan fingerprint density at radius 3 is 2.91 bits per heavy atom. The van der Waals surface area contributed by atoms with E-state index in [1.165, 1.54) is 37.7 Å². The molecule has 0 saturated carbocycles. The fourth-order valence-electron chi connectivity index (χ4n) is 1.22. The maximum Gasteiger partial charge on any atom is 0.0831 e. The first-order valence-electron chi connectivity index (χ1n) is 4.48. The van der Waals surface area contributed by atoms with Gasteiger partial charge in [-0.25, -0.2) is 0 Å². The zero-order valence-corrected chi connectivity index (χ0v) is 7.21. The lowest BCUT2D eigenvalue weighted by atomic mass is 10.1. The molecule has 0 aromatic carbocycles. The van der Waals surface area contributed by atoms with E-state index in [0.717, 1.165) is 6.54 Å². The molecule has 1 aliphatic heterocycles. The van der Waals surface area contributed by atoms with Gasteiger partial charge in [0.1, 0.15) is 0 Å². The number of hydrogen-bond donors (Lipinski definition) is 0. The molecule has 1 rings (SSSR count). The Morgan fingerprint density at radius 2 is 2.27 bits per heavy atom. The van der Waals surface area contributed by atoms with Gasteiger partial charge in [-0.2, -0.15) is 10.2 Å². The average Bonchev–Trinajstić information content (AvgIpc) is 2.50. The van der Waals surface area contributed by atoms with Gasteiger partial charge in [0.25, 0.3) is 0 Å². The topological polar surface area (TPSA) is 24.7 Å². The maximum absolute atomic E-state index is 3.90. The second-order valence-electron chi connectivity index (χ2n) is 3.01. The van der Waals surface area contributed by atoms with Crippen LogP contribution < -0.4 is 0 Å². The number of unbranched alkanes of at least 4 members (excludes halogenated alkanes) is 3. The van der Waals surface area contributed by atoms with Gasteiger partial charge < -0.3 is 0 Å². The third-order valence-corrected chi connectivity index (χ3v) is 1.95. The maximum atomic E-state index is 3.90. The van der Waals surface area contributed by atoms with E-state index in [1.54, 1.807) is 0 Å². The van der Waals surface area contributed by atoms with Crippen molar-refractivity contribution in [3.63, 3.8) is 0 Å². The van der Waals surface area contributed by atoms with E-state index in [1.807, 2.05) is 6.20 Å². The molecule has 0 saturated heterocycles. The lowest BCUT2D eigenvalue weighted by molar-refractivity contribution is 0.662. The van der Waals surface area contributed by atoms with Gasteiger partial charge in [-0.1, -0.05) is 26.2 Å². The van der Waals surface area contributed by atoms with Crippen molar-refractivity contribution >= 4 is 0 Å². The summed E-state index contributed by atoms with van der Waals surface area (Å²) >= 11 is 0. The molecule has 2 heteroatoms. The van der Waals surface area contributed by atoms with Crippen molar-refractivity contribution in [1.29, 1.82) is 0 Å². The van der Waals surface area contributed by atoms with Crippen LogP contribution in [-0.4, -0.2) is 6.54 Å². The molecule has 0 spiro atoms. The van der Waals surface area contributed by atoms with Crippen LogP contribution in [0.2, 0.25) is 0 Å². The Hall–Kier alpha value is -0.660. The first-order valence-corrected chi connectivity index (χ1v) is 4.48. The van der Waals surface area contributed by atoms with Crippen molar-refractivity contribution in [2.45, 2.75) is 39.0 Å². The number of hydrogen-bond acceptors (Lipinski definition) is 2. The summed E-state index contributed by atoms with van der Waals surface area (Å²) in [5.41, 5.74) is 1.40. The Labute approximate surface area is 68.4 Å². The average molecular weight is 152 g/mol. The molecular formula is C9H16N2. The van der Waals surface area contributed by atoms with Crippen molar-refractivity contribution in [2.24, 2.45) is 10.2 Å². The first-order chi connectivity index (χ1) is 5.43. The normalized spacial score (nSPS) is 15.5. The Morgan fingerprint density at radius 1 is 1.36 bits per heavy atom. The third kappa shape index (κ3) is 3.30. The minimum Gasteiger partial charge on any atom is -0.185 e. The van der Waals surface area contributed by atoms with Gasteiger partial charge in [0.15, 0.2) is 0 Å². The van der Waals surface area contributed by atoms with Crippen LogP contribution in [0, 0.1) is 0 Å². The van der Waals surface area contributed by atoms with Crippen LogP contribution in [0.4, 0.5) is 0 Å². The van der Waals surface area contributed by atoms with Crippen molar-refractivity contribution in [1.82, 2.24) is 0 Å². The van der Waals surface area contributed by atoms with E-state index in [-0.39, 0.29) is 0 Å². The monoisotopic (exact) mass is 152 g/mol. The van der Waals surface area contributed by atoms with E-state index in [0.29, 0.717) is 0 Å². The van der Waals surface area contributed by atoms with Crippen LogP contribution in [0.15, 0.2) is 22.0 Å². The van der Waals surface area contributed by atoms with Crippen LogP contribution in [0.3, 0.4) is 0 Å². The molecule has 1 aliphatic rings. The second-order valence-corrected chi connectivity index (χ2v) is 3.01. The fraction of sp³-hybridized carbons (Fsp3) is 0.778. The first kappa shape index (κ1) is 8.44. The highest BCUT2D eigenvalue weighted by Gasteiger charge is 2.00. The molecule has 11 heavy (non-hydrogen) atoms. The molecule has 0 amide bonds. The Bertz CT molecular complexity index is 159. The molecule has 0 aromatic rings. The molecule has 0 fully saturated rings. The van der Waals surface area contributed by atoms with E-state index in [2.05, 4.69) is 17.2 Å². The summed E-state index contributed by atoms with van der Waals surface area (Å²) in [6.45, 7) is 3.09. The SMILES string of the molecule is CCCCCCC1=CN=NC1. The summed E-state index contributed by atoms with van der Waals surface area (Å²) in [6.07, 6.45) is 8.45. The van der Waals surface area contributed by atoms with Crippen molar-refractivity contribution < 1.29 is 0 Å².